The largest absolute Gasteiger partial charge is 0.411 e. The molecule has 8 heteroatoms. The number of thiophene rings is 1. The minimum Gasteiger partial charge on any atom is -0.372 e. The van der Waals surface area contributed by atoms with Gasteiger partial charge < -0.3 is 9.64 Å². The van der Waals surface area contributed by atoms with Crippen LogP contribution in [0.4, 0.5) is 13.2 Å². The monoisotopic (exact) mass is 362 g/mol. The summed E-state index contributed by atoms with van der Waals surface area (Å²) < 4.78 is 40.4. The number of carbonyl (C=O) groups excluding carboxylic acids is 1. The molecule has 0 bridgehead atoms. The van der Waals surface area contributed by atoms with Crippen LogP contribution in [-0.2, 0) is 9.53 Å². The Morgan fingerprint density at radius 3 is 2.67 bits per heavy atom. The van der Waals surface area contributed by atoms with Crippen LogP contribution in [0.15, 0.2) is 23.6 Å². The molecule has 0 unspecified atom stereocenters. The first-order chi connectivity index (χ1) is 11.4. The van der Waals surface area contributed by atoms with E-state index in [0.29, 0.717) is 26.1 Å². The number of alkyl halides is 3. The number of hydrogen-bond acceptors (Lipinski definition) is 4. The lowest BCUT2D eigenvalue weighted by atomic mass is 10.2. The second-order valence-electron chi connectivity index (χ2n) is 5.54. The molecule has 0 aliphatic carbocycles. The lowest BCUT2D eigenvalue weighted by Crippen LogP contribution is -2.48. The van der Waals surface area contributed by atoms with Crippen LogP contribution in [0, 0.1) is 0 Å². The maximum Gasteiger partial charge on any atom is 0.411 e. The molecule has 0 radical (unpaired) electrons. The molecular weight excluding hydrogens is 341 g/mol. The number of rotatable bonds is 7. The minimum atomic E-state index is -4.26. The summed E-state index contributed by atoms with van der Waals surface area (Å²) in [4.78, 5) is 17.1. The summed E-state index contributed by atoms with van der Waals surface area (Å²) in [7, 11) is 0. The molecule has 134 valence electrons. The van der Waals surface area contributed by atoms with E-state index in [9.17, 15) is 18.0 Å². The van der Waals surface area contributed by atoms with Crippen molar-refractivity contribution in [3.8, 4) is 0 Å². The Morgan fingerprint density at radius 2 is 2.04 bits per heavy atom. The molecule has 0 spiro atoms. The molecule has 0 atom stereocenters. The van der Waals surface area contributed by atoms with Crippen LogP contribution < -0.4 is 0 Å². The van der Waals surface area contributed by atoms with Crippen molar-refractivity contribution >= 4 is 23.3 Å². The third-order valence-corrected chi connectivity index (χ3v) is 4.48. The van der Waals surface area contributed by atoms with Crippen molar-refractivity contribution in [1.29, 1.82) is 0 Å². The molecule has 0 aromatic carbocycles. The Balaban J connectivity index is 1.60. The van der Waals surface area contributed by atoms with Crippen molar-refractivity contribution < 1.29 is 22.7 Å². The molecule has 0 N–H and O–H groups in total. The second-order valence-corrected chi connectivity index (χ2v) is 6.52. The highest BCUT2D eigenvalue weighted by Crippen LogP contribution is 2.14. The Kier molecular flexibility index (Phi) is 7.26. The van der Waals surface area contributed by atoms with E-state index in [0.717, 1.165) is 18.0 Å². The van der Waals surface area contributed by atoms with Gasteiger partial charge in [-0.05, 0) is 23.9 Å². The van der Waals surface area contributed by atoms with E-state index >= 15 is 0 Å². The molecule has 1 aromatic heterocycles. The fourth-order valence-corrected chi connectivity index (χ4v) is 3.03. The summed E-state index contributed by atoms with van der Waals surface area (Å²) in [6.07, 6.45) is -0.297. The smallest absolute Gasteiger partial charge is 0.372 e. The van der Waals surface area contributed by atoms with E-state index in [4.69, 9.17) is 0 Å². The quantitative estimate of drug-likeness (QED) is 0.552. The molecule has 0 saturated carbocycles. The topological polar surface area (TPSA) is 32.8 Å². The average molecular weight is 362 g/mol. The summed E-state index contributed by atoms with van der Waals surface area (Å²) in [5, 5.41) is 1.96. The van der Waals surface area contributed by atoms with Crippen molar-refractivity contribution in [2.75, 3.05) is 45.9 Å². The van der Waals surface area contributed by atoms with Crippen LogP contribution in [0.2, 0.25) is 0 Å². The van der Waals surface area contributed by atoms with Crippen molar-refractivity contribution in [2.45, 2.75) is 12.6 Å². The number of ether oxygens (including phenoxy) is 1. The SMILES string of the molecule is O=C(/C=C/c1cccs1)N1CCN(CCCOCC(F)(F)F)CC1. The fraction of sp³-hybridized carbons (Fsp3) is 0.562. The number of piperazine rings is 1. The van der Waals surface area contributed by atoms with E-state index in [1.165, 1.54) is 0 Å². The first-order valence-corrected chi connectivity index (χ1v) is 8.69. The van der Waals surface area contributed by atoms with Crippen LogP contribution in [0.3, 0.4) is 0 Å². The second kappa shape index (κ2) is 9.19. The average Bonchev–Trinajstić information content (AvgIpc) is 3.05. The summed E-state index contributed by atoms with van der Waals surface area (Å²) in [6, 6.07) is 3.89. The van der Waals surface area contributed by atoms with E-state index in [-0.39, 0.29) is 12.5 Å². The Bertz CT molecular complexity index is 524. The van der Waals surface area contributed by atoms with Crippen LogP contribution >= 0.6 is 11.3 Å². The van der Waals surface area contributed by atoms with Gasteiger partial charge in [-0.15, -0.1) is 11.3 Å². The number of halogens is 3. The first-order valence-electron chi connectivity index (χ1n) is 7.81. The zero-order valence-electron chi connectivity index (χ0n) is 13.3. The molecule has 24 heavy (non-hydrogen) atoms. The molecular formula is C16H21F3N2O2S. The van der Waals surface area contributed by atoms with Crippen molar-refractivity contribution in [2.24, 2.45) is 0 Å². The van der Waals surface area contributed by atoms with E-state index < -0.39 is 12.8 Å². The van der Waals surface area contributed by atoms with Crippen LogP contribution in [0.1, 0.15) is 11.3 Å². The fourth-order valence-electron chi connectivity index (χ4n) is 2.41. The van der Waals surface area contributed by atoms with E-state index in [1.54, 1.807) is 22.3 Å². The molecule has 1 aliphatic rings. The Labute approximate surface area is 143 Å². The van der Waals surface area contributed by atoms with Gasteiger partial charge in [-0.1, -0.05) is 6.07 Å². The summed E-state index contributed by atoms with van der Waals surface area (Å²) in [5.41, 5.74) is 0. The molecule has 2 rings (SSSR count). The highest BCUT2D eigenvalue weighted by atomic mass is 32.1. The lowest BCUT2D eigenvalue weighted by Gasteiger charge is -2.34. The van der Waals surface area contributed by atoms with Crippen molar-refractivity contribution in [1.82, 2.24) is 9.80 Å². The third kappa shape index (κ3) is 7.02. The zero-order valence-corrected chi connectivity index (χ0v) is 14.1. The number of nitrogens with zero attached hydrogens (tertiary/aromatic N) is 2. The highest BCUT2D eigenvalue weighted by molar-refractivity contribution is 7.10. The maximum atomic E-state index is 12.1. The van der Waals surface area contributed by atoms with E-state index in [2.05, 4.69) is 9.64 Å². The number of hydrogen-bond donors (Lipinski definition) is 0. The van der Waals surface area contributed by atoms with Gasteiger partial charge in [0, 0.05) is 50.3 Å². The van der Waals surface area contributed by atoms with Gasteiger partial charge in [0.15, 0.2) is 0 Å². The number of carbonyl (C=O) groups is 1. The molecule has 1 fully saturated rings. The van der Waals surface area contributed by atoms with Crippen LogP contribution in [-0.4, -0.2) is 67.8 Å². The Hall–Kier alpha value is -1.38. The molecule has 1 aromatic rings. The molecule has 1 amide bonds. The van der Waals surface area contributed by atoms with Crippen molar-refractivity contribution in [3.05, 3.63) is 28.5 Å². The molecule has 1 saturated heterocycles. The summed E-state index contributed by atoms with van der Waals surface area (Å²) >= 11 is 1.58. The summed E-state index contributed by atoms with van der Waals surface area (Å²) in [5.74, 6) is -0.00318. The molecule has 2 heterocycles. The normalized spacial score (nSPS) is 16.9. The predicted molar refractivity (Wildman–Crippen MR) is 87.9 cm³/mol. The minimum absolute atomic E-state index is 0.00318. The van der Waals surface area contributed by atoms with Gasteiger partial charge in [-0.25, -0.2) is 0 Å². The van der Waals surface area contributed by atoms with Crippen molar-refractivity contribution in [3.63, 3.8) is 0 Å². The Morgan fingerprint density at radius 1 is 1.29 bits per heavy atom. The van der Waals surface area contributed by atoms with Gasteiger partial charge in [0.1, 0.15) is 6.61 Å². The highest BCUT2D eigenvalue weighted by Gasteiger charge is 2.27. The van der Waals surface area contributed by atoms with Crippen LogP contribution in [0.25, 0.3) is 6.08 Å². The third-order valence-electron chi connectivity index (χ3n) is 3.65. The molecule has 1 aliphatic heterocycles. The van der Waals surface area contributed by atoms with E-state index in [1.807, 2.05) is 23.6 Å². The van der Waals surface area contributed by atoms with Gasteiger partial charge in [-0.2, -0.15) is 13.2 Å². The maximum absolute atomic E-state index is 12.1. The lowest BCUT2D eigenvalue weighted by molar-refractivity contribution is -0.174. The van der Waals surface area contributed by atoms with Gasteiger partial charge in [0.25, 0.3) is 0 Å². The molecule has 4 nitrogen and oxygen atoms in total. The van der Waals surface area contributed by atoms with Gasteiger partial charge in [0.05, 0.1) is 0 Å². The van der Waals surface area contributed by atoms with Gasteiger partial charge in [-0.3, -0.25) is 9.69 Å². The van der Waals surface area contributed by atoms with Gasteiger partial charge >= 0.3 is 6.18 Å². The standard InChI is InChI=1S/C16H21F3N2O2S/c17-16(18,19)13-23-11-2-6-20-7-9-21(10-8-20)15(22)5-4-14-3-1-12-24-14/h1,3-5,12H,2,6-11,13H2/b5-4+. The number of amides is 1. The van der Waals surface area contributed by atoms with Gasteiger partial charge in [0.2, 0.25) is 5.91 Å². The summed E-state index contributed by atoms with van der Waals surface area (Å²) in [6.45, 7) is 2.34. The van der Waals surface area contributed by atoms with Crippen LogP contribution in [0.5, 0.6) is 0 Å². The first kappa shape index (κ1) is 19.0. The predicted octanol–water partition coefficient (Wildman–Crippen LogP) is 2.87. The zero-order chi connectivity index (χ0) is 17.4.